The lowest BCUT2D eigenvalue weighted by Crippen LogP contribution is -2.45. The number of carbonyl (C=O) groups excluding carboxylic acids is 1. The molecule has 1 N–H and O–H groups in total. The number of amides is 2. The Morgan fingerprint density at radius 3 is 2.85 bits per heavy atom. The Morgan fingerprint density at radius 1 is 1.23 bits per heavy atom. The van der Waals surface area contributed by atoms with E-state index < -0.39 is 0 Å². The van der Waals surface area contributed by atoms with E-state index in [2.05, 4.69) is 16.4 Å². The Morgan fingerprint density at radius 2 is 2.04 bits per heavy atom. The van der Waals surface area contributed by atoms with E-state index in [9.17, 15) is 4.79 Å². The Hall–Kier alpha value is -1.88. The van der Waals surface area contributed by atoms with Crippen molar-refractivity contribution in [2.75, 3.05) is 19.6 Å². The Bertz CT molecular complexity index is 652. The summed E-state index contributed by atoms with van der Waals surface area (Å²) in [5.41, 5.74) is 2.47. The van der Waals surface area contributed by atoms with E-state index in [4.69, 9.17) is 4.74 Å². The smallest absolute Gasteiger partial charge is 0.317 e. The molecule has 5 heteroatoms. The van der Waals surface area contributed by atoms with Crippen LogP contribution in [0.15, 0.2) is 30.6 Å². The standard InChI is InChI=1S/C21H29N3O2/c25-20(23-15-19-6-11-21(26-19)9-2-1-3-10-21)24-14-4-5-18(16-24)17-7-12-22-13-8-17/h5,7-8,12-13,19H,1-4,6,9-11,14-16H2,(H,23,25). The first-order chi connectivity index (χ1) is 12.7. The van der Waals surface area contributed by atoms with E-state index in [-0.39, 0.29) is 17.7 Å². The third kappa shape index (κ3) is 3.93. The third-order valence-electron chi connectivity index (χ3n) is 6.07. The van der Waals surface area contributed by atoms with Crippen LogP contribution in [0.3, 0.4) is 0 Å². The maximum atomic E-state index is 12.6. The normalized spacial score (nSPS) is 25.2. The molecule has 1 aromatic heterocycles. The predicted octanol–water partition coefficient (Wildman–Crippen LogP) is 3.76. The van der Waals surface area contributed by atoms with Crippen LogP contribution in [0, 0.1) is 0 Å². The maximum absolute atomic E-state index is 12.6. The average Bonchev–Trinajstić information content (AvgIpc) is 3.09. The van der Waals surface area contributed by atoms with Crippen LogP contribution in [0.5, 0.6) is 0 Å². The number of ether oxygens (including phenoxy) is 1. The second-order valence-corrected chi connectivity index (χ2v) is 7.88. The van der Waals surface area contributed by atoms with Crippen LogP contribution in [0.4, 0.5) is 4.79 Å². The zero-order valence-electron chi connectivity index (χ0n) is 15.5. The summed E-state index contributed by atoms with van der Waals surface area (Å²) in [5.74, 6) is 0. The molecule has 1 unspecified atom stereocenters. The van der Waals surface area contributed by atoms with Crippen molar-refractivity contribution in [3.05, 3.63) is 36.2 Å². The van der Waals surface area contributed by atoms with Gasteiger partial charge in [-0.1, -0.05) is 25.3 Å². The molecule has 0 bridgehead atoms. The highest BCUT2D eigenvalue weighted by molar-refractivity contribution is 5.78. The van der Waals surface area contributed by atoms with E-state index in [1.807, 2.05) is 17.0 Å². The Kier molecular flexibility index (Phi) is 5.25. The first-order valence-corrected chi connectivity index (χ1v) is 10.0. The summed E-state index contributed by atoms with van der Waals surface area (Å²) in [4.78, 5) is 18.6. The Labute approximate surface area is 155 Å². The van der Waals surface area contributed by atoms with Crippen molar-refractivity contribution in [2.24, 2.45) is 0 Å². The second kappa shape index (κ2) is 7.78. The first kappa shape index (κ1) is 17.5. The van der Waals surface area contributed by atoms with Crippen LogP contribution < -0.4 is 5.32 Å². The van der Waals surface area contributed by atoms with Crippen molar-refractivity contribution >= 4 is 11.6 Å². The molecule has 1 aromatic rings. The van der Waals surface area contributed by atoms with Gasteiger partial charge in [-0.15, -0.1) is 0 Å². The maximum Gasteiger partial charge on any atom is 0.317 e. The number of rotatable bonds is 3. The number of nitrogens with one attached hydrogen (secondary N) is 1. The molecule has 3 heterocycles. The van der Waals surface area contributed by atoms with Crippen molar-refractivity contribution in [3.8, 4) is 0 Å². The number of aromatic nitrogens is 1. The molecule has 2 aliphatic heterocycles. The monoisotopic (exact) mass is 355 g/mol. The highest BCUT2D eigenvalue weighted by Crippen LogP contribution is 2.41. The van der Waals surface area contributed by atoms with Gasteiger partial charge in [-0.25, -0.2) is 4.79 Å². The van der Waals surface area contributed by atoms with Gasteiger partial charge < -0.3 is 15.0 Å². The van der Waals surface area contributed by atoms with Crippen LogP contribution in [-0.2, 0) is 4.74 Å². The summed E-state index contributed by atoms with van der Waals surface area (Å²) in [6.07, 6.45) is 15.4. The van der Waals surface area contributed by atoms with Gasteiger partial charge in [0.25, 0.3) is 0 Å². The van der Waals surface area contributed by atoms with Crippen molar-refractivity contribution in [2.45, 2.75) is 63.1 Å². The topological polar surface area (TPSA) is 54.5 Å². The SMILES string of the molecule is O=C(NCC1CCC2(CCCCC2)O1)N1CCC=C(c2ccncc2)C1. The number of hydrogen-bond donors (Lipinski definition) is 1. The molecule has 1 atom stereocenters. The van der Waals surface area contributed by atoms with Gasteiger partial charge in [-0.2, -0.15) is 0 Å². The summed E-state index contributed by atoms with van der Waals surface area (Å²) < 4.78 is 6.37. The minimum atomic E-state index is 0.0258. The van der Waals surface area contributed by atoms with Gasteiger partial charge >= 0.3 is 6.03 Å². The van der Waals surface area contributed by atoms with E-state index in [0.29, 0.717) is 13.1 Å². The second-order valence-electron chi connectivity index (χ2n) is 7.88. The van der Waals surface area contributed by atoms with Crippen molar-refractivity contribution in [3.63, 3.8) is 0 Å². The summed E-state index contributed by atoms with van der Waals surface area (Å²) >= 11 is 0. The minimum absolute atomic E-state index is 0.0258. The fourth-order valence-corrected chi connectivity index (χ4v) is 4.61. The zero-order valence-corrected chi connectivity index (χ0v) is 15.5. The number of nitrogens with zero attached hydrogens (tertiary/aromatic N) is 2. The lowest BCUT2D eigenvalue weighted by Gasteiger charge is -2.33. The Balaban J connectivity index is 1.27. The van der Waals surface area contributed by atoms with Gasteiger partial charge in [0, 0.05) is 32.0 Å². The molecule has 4 rings (SSSR count). The van der Waals surface area contributed by atoms with E-state index in [1.165, 1.54) is 37.7 Å². The minimum Gasteiger partial charge on any atom is -0.370 e. The molecular weight excluding hydrogens is 326 g/mol. The van der Waals surface area contributed by atoms with Gasteiger partial charge in [0.1, 0.15) is 0 Å². The molecule has 2 fully saturated rings. The van der Waals surface area contributed by atoms with E-state index in [0.717, 1.165) is 31.4 Å². The number of hydrogen-bond acceptors (Lipinski definition) is 3. The average molecular weight is 355 g/mol. The summed E-state index contributed by atoms with van der Waals surface area (Å²) in [6, 6.07) is 4.03. The highest BCUT2D eigenvalue weighted by atomic mass is 16.5. The number of pyridine rings is 1. The molecule has 1 aliphatic carbocycles. The quantitative estimate of drug-likeness (QED) is 0.898. The summed E-state index contributed by atoms with van der Waals surface area (Å²) in [5, 5.41) is 3.11. The highest BCUT2D eigenvalue weighted by Gasteiger charge is 2.40. The molecule has 26 heavy (non-hydrogen) atoms. The molecule has 0 radical (unpaired) electrons. The van der Waals surface area contributed by atoms with E-state index >= 15 is 0 Å². The van der Waals surface area contributed by atoms with Crippen LogP contribution in [0.1, 0.15) is 56.9 Å². The molecule has 140 valence electrons. The molecular formula is C21H29N3O2. The molecule has 1 saturated carbocycles. The zero-order chi connectivity index (χ0) is 17.8. The first-order valence-electron chi connectivity index (χ1n) is 10.0. The van der Waals surface area contributed by atoms with Crippen LogP contribution in [-0.4, -0.2) is 47.3 Å². The lowest BCUT2D eigenvalue weighted by atomic mass is 9.83. The fraction of sp³-hybridized carbons (Fsp3) is 0.619. The molecule has 3 aliphatic rings. The summed E-state index contributed by atoms with van der Waals surface area (Å²) in [6.45, 7) is 2.06. The van der Waals surface area contributed by atoms with Gasteiger partial charge in [0.05, 0.1) is 11.7 Å². The van der Waals surface area contributed by atoms with Crippen molar-refractivity contribution in [1.82, 2.24) is 15.2 Å². The number of carbonyl (C=O) groups is 1. The molecule has 5 nitrogen and oxygen atoms in total. The lowest BCUT2D eigenvalue weighted by molar-refractivity contribution is -0.0617. The third-order valence-corrected chi connectivity index (χ3v) is 6.07. The van der Waals surface area contributed by atoms with Crippen molar-refractivity contribution < 1.29 is 9.53 Å². The molecule has 0 aromatic carbocycles. The predicted molar refractivity (Wildman–Crippen MR) is 102 cm³/mol. The van der Waals surface area contributed by atoms with Gasteiger partial charge in [0.2, 0.25) is 0 Å². The molecule has 1 saturated heterocycles. The molecule has 1 spiro atoms. The summed E-state index contributed by atoms with van der Waals surface area (Å²) in [7, 11) is 0. The van der Waals surface area contributed by atoms with Crippen molar-refractivity contribution in [1.29, 1.82) is 0 Å². The van der Waals surface area contributed by atoms with Crippen LogP contribution in [0.2, 0.25) is 0 Å². The fourth-order valence-electron chi connectivity index (χ4n) is 4.61. The van der Waals surface area contributed by atoms with Gasteiger partial charge in [0.15, 0.2) is 0 Å². The number of urea groups is 1. The molecule has 2 amide bonds. The largest absolute Gasteiger partial charge is 0.370 e. The van der Waals surface area contributed by atoms with Crippen LogP contribution in [0.25, 0.3) is 5.57 Å². The van der Waals surface area contributed by atoms with Crippen LogP contribution >= 0.6 is 0 Å². The van der Waals surface area contributed by atoms with E-state index in [1.54, 1.807) is 12.4 Å². The van der Waals surface area contributed by atoms with Gasteiger partial charge in [-0.3, -0.25) is 4.98 Å². The van der Waals surface area contributed by atoms with Gasteiger partial charge in [-0.05, 0) is 55.4 Å².